The molecule has 2 aromatic rings. The van der Waals surface area contributed by atoms with E-state index in [9.17, 15) is 9.59 Å². The van der Waals surface area contributed by atoms with Crippen molar-refractivity contribution in [1.82, 2.24) is 0 Å². The summed E-state index contributed by atoms with van der Waals surface area (Å²) in [5.41, 5.74) is 1.50. The summed E-state index contributed by atoms with van der Waals surface area (Å²) in [7, 11) is 0. The van der Waals surface area contributed by atoms with E-state index >= 15 is 0 Å². The number of carbonyl (C=O) groups is 2. The van der Waals surface area contributed by atoms with Crippen molar-refractivity contribution < 1.29 is 9.59 Å². The predicted octanol–water partition coefficient (Wildman–Crippen LogP) is 3.14. The number of aldehydes is 1. The van der Waals surface area contributed by atoms with Crippen LogP contribution in [0.4, 0.5) is 0 Å². The fourth-order valence-electron chi connectivity index (χ4n) is 1.80. The van der Waals surface area contributed by atoms with Gasteiger partial charge < -0.3 is 0 Å². The van der Waals surface area contributed by atoms with Gasteiger partial charge in [0.25, 0.3) is 0 Å². The molecule has 2 aromatic heterocycles. The average Bonchev–Trinajstić information content (AvgIpc) is 2.83. The quantitative estimate of drug-likeness (QED) is 0.606. The van der Waals surface area contributed by atoms with Crippen LogP contribution < -0.4 is 0 Å². The van der Waals surface area contributed by atoms with Crippen LogP contribution in [0.15, 0.2) is 12.1 Å². The van der Waals surface area contributed by atoms with Gasteiger partial charge in [-0.3, -0.25) is 9.59 Å². The van der Waals surface area contributed by atoms with E-state index < -0.39 is 0 Å². The van der Waals surface area contributed by atoms with Crippen LogP contribution in [-0.4, -0.2) is 12.1 Å². The van der Waals surface area contributed by atoms with Crippen LogP contribution in [0.25, 0.3) is 9.75 Å². The van der Waals surface area contributed by atoms with Crippen molar-refractivity contribution in [3.8, 4) is 9.75 Å². The molecule has 0 unspecified atom stereocenters. The minimum absolute atomic E-state index is 0.0636. The largest absolute Gasteiger partial charge is 0.297 e. The first-order valence-corrected chi connectivity index (χ1v) is 6.08. The Labute approximate surface area is 94.2 Å². The maximum Gasteiger partial charge on any atom is 0.196 e. The maximum absolute atomic E-state index is 11.9. The number of ketones is 1. The Hall–Kier alpha value is -1.26. The van der Waals surface area contributed by atoms with Gasteiger partial charge in [-0.25, -0.2) is 0 Å². The molecule has 74 valence electrons. The van der Waals surface area contributed by atoms with Crippen LogP contribution in [0, 0.1) is 6.92 Å². The van der Waals surface area contributed by atoms with E-state index in [4.69, 9.17) is 0 Å². The van der Waals surface area contributed by atoms with Gasteiger partial charge in [0, 0.05) is 16.0 Å². The molecule has 0 amide bonds. The van der Waals surface area contributed by atoms with Gasteiger partial charge in [-0.05, 0) is 19.1 Å². The molecule has 3 rings (SSSR count). The lowest BCUT2D eigenvalue weighted by Gasteiger charge is -1.85. The van der Waals surface area contributed by atoms with Crippen LogP contribution in [0.2, 0.25) is 0 Å². The fourth-order valence-corrected chi connectivity index (χ4v) is 3.94. The molecular weight excluding hydrogens is 228 g/mol. The molecule has 15 heavy (non-hydrogen) atoms. The van der Waals surface area contributed by atoms with Crippen LogP contribution in [0.5, 0.6) is 0 Å². The number of rotatable bonds is 1. The first-order valence-electron chi connectivity index (χ1n) is 4.45. The fraction of sp³-hybridized carbons (Fsp3) is 0.0909. The van der Waals surface area contributed by atoms with Crippen molar-refractivity contribution in [3.05, 3.63) is 33.0 Å². The van der Waals surface area contributed by atoms with E-state index in [1.807, 2.05) is 13.0 Å². The van der Waals surface area contributed by atoms with Crippen LogP contribution in [0.3, 0.4) is 0 Å². The van der Waals surface area contributed by atoms with E-state index in [0.717, 1.165) is 26.5 Å². The zero-order chi connectivity index (χ0) is 10.6. The molecule has 0 aliphatic heterocycles. The topological polar surface area (TPSA) is 34.1 Å². The summed E-state index contributed by atoms with van der Waals surface area (Å²) < 4.78 is 0. The molecule has 1 aliphatic carbocycles. The molecule has 0 radical (unpaired) electrons. The van der Waals surface area contributed by atoms with Crippen molar-refractivity contribution >= 4 is 34.7 Å². The molecule has 0 saturated heterocycles. The monoisotopic (exact) mass is 234 g/mol. The summed E-state index contributed by atoms with van der Waals surface area (Å²) in [5.74, 6) is 0.0636. The highest BCUT2D eigenvalue weighted by atomic mass is 32.1. The third-order valence-corrected chi connectivity index (χ3v) is 4.69. The van der Waals surface area contributed by atoms with E-state index in [0.29, 0.717) is 10.4 Å². The smallest absolute Gasteiger partial charge is 0.196 e. The standard InChI is InChI=1S/C11H6O2S2/c1-5-2-7-9(13)8-3-6(4-12)15-11(8)10(7)14-5/h2-4H,1H3. The molecular formula is C11H6O2S2. The molecule has 0 aromatic carbocycles. The van der Waals surface area contributed by atoms with E-state index in [1.165, 1.54) is 11.3 Å². The van der Waals surface area contributed by atoms with Crippen LogP contribution in [0.1, 0.15) is 30.5 Å². The molecule has 0 fully saturated rings. The van der Waals surface area contributed by atoms with Crippen molar-refractivity contribution in [3.63, 3.8) is 0 Å². The highest BCUT2D eigenvalue weighted by Crippen LogP contribution is 2.46. The van der Waals surface area contributed by atoms with Gasteiger partial charge in [-0.1, -0.05) is 0 Å². The van der Waals surface area contributed by atoms with Gasteiger partial charge in [0.2, 0.25) is 0 Å². The molecule has 1 aliphatic rings. The summed E-state index contributed by atoms with van der Waals surface area (Å²) in [6.45, 7) is 1.99. The van der Waals surface area contributed by atoms with Gasteiger partial charge in [0.05, 0.1) is 14.6 Å². The molecule has 0 saturated carbocycles. The number of aryl methyl sites for hydroxylation is 1. The zero-order valence-corrected chi connectivity index (χ0v) is 9.50. The Kier molecular flexibility index (Phi) is 1.72. The normalized spacial score (nSPS) is 12.7. The maximum atomic E-state index is 11.9. The van der Waals surface area contributed by atoms with Gasteiger partial charge in [0.15, 0.2) is 12.1 Å². The third kappa shape index (κ3) is 1.09. The minimum atomic E-state index is 0.0636. The number of hydrogen-bond acceptors (Lipinski definition) is 4. The van der Waals surface area contributed by atoms with Gasteiger partial charge >= 0.3 is 0 Å². The molecule has 2 heterocycles. The number of thiophene rings is 2. The number of fused-ring (bicyclic) bond motifs is 3. The lowest BCUT2D eigenvalue weighted by atomic mass is 10.2. The van der Waals surface area contributed by atoms with Crippen molar-refractivity contribution in [1.29, 1.82) is 0 Å². The van der Waals surface area contributed by atoms with Crippen molar-refractivity contribution in [2.45, 2.75) is 6.92 Å². The van der Waals surface area contributed by atoms with Crippen LogP contribution in [-0.2, 0) is 0 Å². The second-order valence-corrected chi connectivity index (χ2v) is 5.78. The summed E-state index contributed by atoms with van der Waals surface area (Å²) in [5, 5.41) is 0. The van der Waals surface area contributed by atoms with Gasteiger partial charge in [-0.15, -0.1) is 22.7 Å². The molecule has 4 heteroatoms. The SMILES string of the molecule is Cc1cc2c(s1)-c1sc(C=O)cc1C2=O. The zero-order valence-electron chi connectivity index (χ0n) is 7.87. The lowest BCUT2D eigenvalue weighted by Crippen LogP contribution is -1.92. The van der Waals surface area contributed by atoms with E-state index in [-0.39, 0.29) is 5.78 Å². The second kappa shape index (κ2) is 2.87. The van der Waals surface area contributed by atoms with Gasteiger partial charge in [0.1, 0.15) is 0 Å². The van der Waals surface area contributed by atoms with E-state index in [1.54, 1.807) is 17.4 Å². The van der Waals surface area contributed by atoms with Crippen LogP contribution >= 0.6 is 22.7 Å². The molecule has 0 spiro atoms. The van der Waals surface area contributed by atoms with Crippen molar-refractivity contribution in [2.75, 3.05) is 0 Å². The third-order valence-electron chi connectivity index (χ3n) is 2.42. The Morgan fingerprint density at radius 3 is 2.53 bits per heavy atom. The number of carbonyl (C=O) groups excluding carboxylic acids is 2. The Balaban J connectivity index is 2.32. The highest BCUT2D eigenvalue weighted by molar-refractivity contribution is 7.24. The summed E-state index contributed by atoms with van der Waals surface area (Å²) in [6, 6.07) is 3.62. The lowest BCUT2D eigenvalue weighted by molar-refractivity contribution is 0.104. The molecule has 2 nitrogen and oxygen atoms in total. The molecule has 0 bridgehead atoms. The first-order chi connectivity index (χ1) is 7.20. The molecule has 0 atom stereocenters. The average molecular weight is 234 g/mol. The van der Waals surface area contributed by atoms with Crippen molar-refractivity contribution in [2.24, 2.45) is 0 Å². The Morgan fingerprint density at radius 2 is 1.80 bits per heavy atom. The Bertz CT molecular complexity index is 590. The predicted molar refractivity (Wildman–Crippen MR) is 61.2 cm³/mol. The summed E-state index contributed by atoms with van der Waals surface area (Å²) in [6.07, 6.45) is 0.802. The van der Waals surface area contributed by atoms with E-state index in [2.05, 4.69) is 0 Å². The second-order valence-electron chi connectivity index (χ2n) is 3.44. The summed E-state index contributed by atoms with van der Waals surface area (Å²) in [4.78, 5) is 26.3. The summed E-state index contributed by atoms with van der Waals surface area (Å²) >= 11 is 3.02. The minimum Gasteiger partial charge on any atom is -0.297 e. The highest BCUT2D eigenvalue weighted by Gasteiger charge is 2.31. The number of hydrogen-bond donors (Lipinski definition) is 0. The molecule has 0 N–H and O–H groups in total. The Morgan fingerprint density at radius 1 is 1.13 bits per heavy atom. The van der Waals surface area contributed by atoms with Gasteiger partial charge in [-0.2, -0.15) is 0 Å². The first kappa shape index (κ1) is 9.00.